The molecule has 0 saturated heterocycles. The van der Waals surface area contributed by atoms with Crippen LogP contribution in [0.15, 0.2) is 66.9 Å². The minimum Gasteiger partial charge on any atom is -0.477 e. The molecule has 0 radical (unpaired) electrons. The maximum Gasteiger partial charge on any atom is 0.232 e. The molecule has 154 valence electrons. The van der Waals surface area contributed by atoms with E-state index in [1.54, 1.807) is 0 Å². The molecule has 0 aliphatic carbocycles. The van der Waals surface area contributed by atoms with Crippen LogP contribution in [-0.4, -0.2) is 36.6 Å². The monoisotopic (exact) mass is 410 g/mol. The Balaban J connectivity index is 1.45. The molecule has 2 aromatic carbocycles. The van der Waals surface area contributed by atoms with E-state index in [9.17, 15) is 0 Å². The maximum absolute atomic E-state index is 5.61. The van der Waals surface area contributed by atoms with Gasteiger partial charge in [0.15, 0.2) is 0 Å². The van der Waals surface area contributed by atoms with E-state index in [0.29, 0.717) is 18.3 Å². The highest BCUT2D eigenvalue weighted by Gasteiger charge is 2.12. The van der Waals surface area contributed by atoms with Crippen molar-refractivity contribution >= 4 is 5.65 Å². The predicted molar refractivity (Wildman–Crippen MR) is 119 cm³/mol. The second-order valence-electron chi connectivity index (χ2n) is 7.37. The summed E-state index contributed by atoms with van der Waals surface area (Å²) in [5.74, 6) is 1.25. The van der Waals surface area contributed by atoms with Gasteiger partial charge in [-0.25, -0.2) is 0 Å². The minimum absolute atomic E-state index is 0.590. The molecule has 0 fully saturated rings. The highest BCUT2D eigenvalue weighted by atomic mass is 16.5. The van der Waals surface area contributed by atoms with Crippen LogP contribution < -0.4 is 4.74 Å². The fraction of sp³-hybridized carbons (Fsp3) is 0.167. The van der Waals surface area contributed by atoms with Crippen LogP contribution in [0.3, 0.4) is 0 Å². The van der Waals surface area contributed by atoms with Gasteiger partial charge in [0, 0.05) is 17.7 Å². The molecule has 7 heteroatoms. The van der Waals surface area contributed by atoms with Crippen LogP contribution in [0.2, 0.25) is 0 Å². The highest BCUT2D eigenvalue weighted by Crippen LogP contribution is 2.30. The van der Waals surface area contributed by atoms with E-state index in [1.807, 2.05) is 31.3 Å². The van der Waals surface area contributed by atoms with Crippen molar-refractivity contribution in [2.45, 2.75) is 20.3 Å². The summed E-state index contributed by atoms with van der Waals surface area (Å²) in [5, 5.41) is 14.5. The van der Waals surface area contributed by atoms with Crippen LogP contribution >= 0.6 is 0 Å². The highest BCUT2D eigenvalue weighted by molar-refractivity contribution is 5.80. The Morgan fingerprint density at radius 3 is 2.52 bits per heavy atom. The number of pyridine rings is 1. The number of hydrogen-bond acceptors (Lipinski definition) is 5. The van der Waals surface area contributed by atoms with Gasteiger partial charge >= 0.3 is 0 Å². The molecule has 31 heavy (non-hydrogen) atoms. The molecule has 5 aromatic rings. The predicted octanol–water partition coefficient (Wildman–Crippen LogP) is 4.48. The molecule has 3 heterocycles. The van der Waals surface area contributed by atoms with Gasteiger partial charge in [-0.2, -0.15) is 10.2 Å². The molecule has 0 saturated carbocycles. The zero-order valence-electron chi connectivity index (χ0n) is 17.4. The van der Waals surface area contributed by atoms with Gasteiger partial charge in [-0.1, -0.05) is 54.6 Å². The van der Waals surface area contributed by atoms with Crippen molar-refractivity contribution in [3.63, 3.8) is 0 Å². The molecule has 0 aliphatic heterocycles. The molecule has 0 atom stereocenters. The van der Waals surface area contributed by atoms with Crippen molar-refractivity contribution in [2.24, 2.45) is 0 Å². The zero-order chi connectivity index (χ0) is 21.2. The smallest absolute Gasteiger partial charge is 0.232 e. The molecule has 5 rings (SSSR count). The summed E-state index contributed by atoms with van der Waals surface area (Å²) in [6.07, 6.45) is 2.77. The number of aromatic amines is 1. The first kappa shape index (κ1) is 19.0. The van der Waals surface area contributed by atoms with Crippen molar-refractivity contribution in [3.05, 3.63) is 83.7 Å². The summed E-state index contributed by atoms with van der Waals surface area (Å²) in [5.41, 5.74) is 7.58. The second-order valence-corrected chi connectivity index (χ2v) is 7.37. The van der Waals surface area contributed by atoms with E-state index in [1.165, 1.54) is 11.3 Å². The standard InChI is InChI=1S/C24H22N6O/c1-3-31-22-15-30-19(13-8-16(2)24(30)25-22)14-17-9-11-18(12-10-17)20-6-4-5-7-21(20)23-26-28-29-27-23/h4-13,15H,3,14H2,1-2H3,(H,26,27,28,29). The number of ether oxygens (including phenoxy) is 1. The summed E-state index contributed by atoms with van der Waals surface area (Å²) in [7, 11) is 0. The number of aromatic nitrogens is 6. The molecular weight excluding hydrogens is 388 g/mol. The Morgan fingerprint density at radius 1 is 0.968 bits per heavy atom. The summed E-state index contributed by atoms with van der Waals surface area (Å²) < 4.78 is 7.73. The van der Waals surface area contributed by atoms with Crippen LogP contribution in [0.5, 0.6) is 5.88 Å². The Hall–Kier alpha value is -4.00. The average molecular weight is 410 g/mol. The zero-order valence-corrected chi connectivity index (χ0v) is 17.4. The second kappa shape index (κ2) is 8.02. The molecule has 1 N–H and O–H groups in total. The third-order valence-corrected chi connectivity index (χ3v) is 5.33. The minimum atomic E-state index is 0.590. The van der Waals surface area contributed by atoms with Crippen LogP contribution in [0, 0.1) is 6.92 Å². The lowest BCUT2D eigenvalue weighted by Gasteiger charge is -2.10. The Morgan fingerprint density at radius 2 is 1.77 bits per heavy atom. The number of hydrogen-bond donors (Lipinski definition) is 1. The summed E-state index contributed by atoms with van der Waals surface area (Å²) in [4.78, 5) is 4.61. The van der Waals surface area contributed by atoms with Crippen LogP contribution in [0.1, 0.15) is 23.7 Å². The van der Waals surface area contributed by atoms with Crippen molar-refractivity contribution < 1.29 is 4.74 Å². The first-order valence-electron chi connectivity index (χ1n) is 10.3. The maximum atomic E-state index is 5.61. The van der Waals surface area contributed by atoms with E-state index in [2.05, 4.69) is 79.4 Å². The fourth-order valence-electron chi connectivity index (χ4n) is 3.81. The van der Waals surface area contributed by atoms with Gasteiger partial charge in [-0.3, -0.25) is 4.40 Å². The Labute approximate surface area is 179 Å². The van der Waals surface area contributed by atoms with Gasteiger partial charge in [-0.15, -0.1) is 10.2 Å². The van der Waals surface area contributed by atoms with Gasteiger partial charge < -0.3 is 4.74 Å². The number of benzene rings is 2. The lowest BCUT2D eigenvalue weighted by molar-refractivity contribution is 0.329. The number of fused-ring (bicyclic) bond motifs is 1. The van der Waals surface area contributed by atoms with Crippen LogP contribution in [-0.2, 0) is 6.42 Å². The summed E-state index contributed by atoms with van der Waals surface area (Å²) in [6, 6.07) is 20.9. The van der Waals surface area contributed by atoms with E-state index >= 15 is 0 Å². The fourth-order valence-corrected chi connectivity index (χ4v) is 3.81. The lowest BCUT2D eigenvalue weighted by Crippen LogP contribution is -1.99. The van der Waals surface area contributed by atoms with Crippen molar-refractivity contribution in [1.29, 1.82) is 0 Å². The van der Waals surface area contributed by atoms with E-state index in [4.69, 9.17) is 4.74 Å². The Kier molecular flexibility index (Phi) is 4.92. The van der Waals surface area contributed by atoms with Gasteiger partial charge in [-0.05, 0) is 47.4 Å². The molecule has 0 spiro atoms. The number of nitrogens with zero attached hydrogens (tertiary/aromatic N) is 5. The Bertz CT molecular complexity index is 1320. The molecule has 0 aliphatic rings. The van der Waals surface area contributed by atoms with E-state index in [0.717, 1.165) is 34.3 Å². The number of tetrazole rings is 1. The molecular formula is C24H22N6O. The number of nitrogens with one attached hydrogen (secondary N) is 1. The quantitative estimate of drug-likeness (QED) is 0.446. The average Bonchev–Trinajstić information content (AvgIpc) is 3.47. The van der Waals surface area contributed by atoms with E-state index < -0.39 is 0 Å². The SMILES string of the molecule is CCOc1cn2c(Cc3ccc(-c4ccccc4-c4nn[nH]n4)cc3)ccc(C)c2n1. The first-order valence-corrected chi connectivity index (χ1v) is 10.3. The topological polar surface area (TPSA) is 81.0 Å². The third kappa shape index (κ3) is 3.66. The van der Waals surface area contributed by atoms with Gasteiger partial charge in [0.2, 0.25) is 11.7 Å². The first-order chi connectivity index (χ1) is 15.2. The van der Waals surface area contributed by atoms with Crippen molar-refractivity contribution in [2.75, 3.05) is 6.61 Å². The van der Waals surface area contributed by atoms with Crippen molar-refractivity contribution in [1.82, 2.24) is 30.0 Å². The van der Waals surface area contributed by atoms with Gasteiger partial charge in [0.05, 0.1) is 12.8 Å². The summed E-state index contributed by atoms with van der Waals surface area (Å²) in [6.45, 7) is 4.64. The third-order valence-electron chi connectivity index (χ3n) is 5.33. The number of aryl methyl sites for hydroxylation is 1. The van der Waals surface area contributed by atoms with Crippen LogP contribution in [0.4, 0.5) is 0 Å². The van der Waals surface area contributed by atoms with Gasteiger partial charge in [0.1, 0.15) is 5.65 Å². The number of H-pyrrole nitrogens is 1. The number of rotatable bonds is 6. The lowest BCUT2D eigenvalue weighted by atomic mass is 9.97. The molecule has 0 unspecified atom stereocenters. The normalized spacial score (nSPS) is 11.2. The molecule has 0 bridgehead atoms. The largest absolute Gasteiger partial charge is 0.477 e. The number of imidazole rings is 1. The molecule has 3 aromatic heterocycles. The van der Waals surface area contributed by atoms with Gasteiger partial charge in [0.25, 0.3) is 0 Å². The molecule has 0 amide bonds. The van der Waals surface area contributed by atoms with E-state index in [-0.39, 0.29) is 0 Å². The van der Waals surface area contributed by atoms with Crippen molar-refractivity contribution in [3.8, 4) is 28.4 Å². The molecule has 7 nitrogen and oxygen atoms in total. The summed E-state index contributed by atoms with van der Waals surface area (Å²) >= 11 is 0. The van der Waals surface area contributed by atoms with Crippen LogP contribution in [0.25, 0.3) is 28.2 Å².